The minimum absolute atomic E-state index is 0.243. The Kier molecular flexibility index (Phi) is 5.21. The van der Waals surface area contributed by atoms with E-state index in [2.05, 4.69) is 5.32 Å². The summed E-state index contributed by atoms with van der Waals surface area (Å²) in [7, 11) is 0. The van der Waals surface area contributed by atoms with Gasteiger partial charge in [-0.3, -0.25) is 4.79 Å². The van der Waals surface area contributed by atoms with Crippen molar-refractivity contribution in [2.24, 2.45) is 5.73 Å². The van der Waals surface area contributed by atoms with Crippen LogP contribution in [-0.2, 0) is 17.8 Å². The highest BCUT2D eigenvalue weighted by atomic mass is 16.5. The van der Waals surface area contributed by atoms with Crippen molar-refractivity contribution in [2.45, 2.75) is 19.9 Å². The summed E-state index contributed by atoms with van der Waals surface area (Å²) in [5.41, 5.74) is 8.26. The van der Waals surface area contributed by atoms with E-state index in [-0.39, 0.29) is 12.3 Å². The predicted octanol–water partition coefficient (Wildman–Crippen LogP) is 2.73. The molecular formula is C17H20N2O2. The number of anilines is 1. The van der Waals surface area contributed by atoms with Crippen molar-refractivity contribution >= 4 is 11.6 Å². The molecule has 0 heterocycles. The highest BCUT2D eigenvalue weighted by Gasteiger charge is 2.04. The Hall–Kier alpha value is -2.49. The standard InChI is InChI=1S/C17H20N2O2/c1-2-21-15-9-7-13(8-10-15)12-19-16-6-4-3-5-14(16)11-17(18)20/h3-10,19H,2,11-12H2,1H3,(H2,18,20). The van der Waals surface area contributed by atoms with Crippen molar-refractivity contribution in [1.82, 2.24) is 0 Å². The number of hydrogen-bond acceptors (Lipinski definition) is 3. The SMILES string of the molecule is CCOc1ccc(CNc2ccccc2CC(N)=O)cc1. The van der Waals surface area contributed by atoms with Crippen LogP contribution in [0.2, 0.25) is 0 Å². The Morgan fingerprint density at radius 3 is 2.52 bits per heavy atom. The van der Waals surface area contributed by atoms with E-state index < -0.39 is 0 Å². The van der Waals surface area contributed by atoms with Crippen molar-refractivity contribution in [2.75, 3.05) is 11.9 Å². The molecule has 0 aliphatic rings. The van der Waals surface area contributed by atoms with Gasteiger partial charge in [0.05, 0.1) is 13.0 Å². The monoisotopic (exact) mass is 284 g/mol. The van der Waals surface area contributed by atoms with Gasteiger partial charge in [-0.25, -0.2) is 0 Å². The van der Waals surface area contributed by atoms with E-state index in [4.69, 9.17) is 10.5 Å². The number of rotatable bonds is 7. The Morgan fingerprint density at radius 1 is 1.14 bits per heavy atom. The molecule has 0 saturated carbocycles. The van der Waals surface area contributed by atoms with Gasteiger partial charge in [0.15, 0.2) is 0 Å². The fraction of sp³-hybridized carbons (Fsp3) is 0.235. The molecule has 2 aromatic carbocycles. The lowest BCUT2D eigenvalue weighted by atomic mass is 10.1. The molecule has 3 N–H and O–H groups in total. The summed E-state index contributed by atoms with van der Waals surface area (Å²) < 4.78 is 5.41. The van der Waals surface area contributed by atoms with E-state index in [1.807, 2.05) is 55.5 Å². The molecule has 21 heavy (non-hydrogen) atoms. The highest BCUT2D eigenvalue weighted by molar-refractivity contribution is 5.78. The second-order valence-electron chi connectivity index (χ2n) is 4.73. The molecule has 110 valence electrons. The summed E-state index contributed by atoms with van der Waals surface area (Å²) in [6, 6.07) is 15.7. The first-order valence-electron chi connectivity index (χ1n) is 7.01. The third kappa shape index (κ3) is 4.53. The summed E-state index contributed by atoms with van der Waals surface area (Å²) in [5.74, 6) is 0.542. The van der Waals surface area contributed by atoms with E-state index >= 15 is 0 Å². The topological polar surface area (TPSA) is 64.3 Å². The van der Waals surface area contributed by atoms with Crippen LogP contribution in [0.25, 0.3) is 0 Å². The fourth-order valence-corrected chi connectivity index (χ4v) is 2.10. The van der Waals surface area contributed by atoms with Crippen LogP contribution in [0.1, 0.15) is 18.1 Å². The maximum Gasteiger partial charge on any atom is 0.221 e. The predicted molar refractivity (Wildman–Crippen MR) is 84.3 cm³/mol. The maximum atomic E-state index is 11.1. The van der Waals surface area contributed by atoms with Gasteiger partial charge in [0.1, 0.15) is 5.75 Å². The molecule has 4 heteroatoms. The first kappa shape index (κ1) is 14.9. The molecule has 0 bridgehead atoms. The number of benzene rings is 2. The molecule has 0 fully saturated rings. The van der Waals surface area contributed by atoms with E-state index in [1.165, 1.54) is 0 Å². The molecule has 1 amide bonds. The largest absolute Gasteiger partial charge is 0.494 e. The van der Waals surface area contributed by atoms with Crippen LogP contribution in [0, 0.1) is 0 Å². The van der Waals surface area contributed by atoms with Crippen molar-refractivity contribution in [3.63, 3.8) is 0 Å². The van der Waals surface area contributed by atoms with Crippen LogP contribution in [0.15, 0.2) is 48.5 Å². The number of carbonyl (C=O) groups excluding carboxylic acids is 1. The van der Waals surface area contributed by atoms with Crippen LogP contribution < -0.4 is 15.8 Å². The number of amides is 1. The zero-order valence-electron chi connectivity index (χ0n) is 12.1. The van der Waals surface area contributed by atoms with Crippen LogP contribution in [0.5, 0.6) is 5.75 Å². The summed E-state index contributed by atoms with van der Waals surface area (Å²) >= 11 is 0. The summed E-state index contributed by atoms with van der Waals surface area (Å²) in [6.45, 7) is 3.31. The van der Waals surface area contributed by atoms with Crippen LogP contribution in [0.4, 0.5) is 5.69 Å². The van der Waals surface area contributed by atoms with Crippen molar-refractivity contribution in [1.29, 1.82) is 0 Å². The molecule has 2 aromatic rings. The van der Waals surface area contributed by atoms with Crippen LogP contribution in [-0.4, -0.2) is 12.5 Å². The number of ether oxygens (including phenoxy) is 1. The first-order valence-corrected chi connectivity index (χ1v) is 7.01. The molecular weight excluding hydrogens is 264 g/mol. The minimum Gasteiger partial charge on any atom is -0.494 e. The van der Waals surface area contributed by atoms with Gasteiger partial charge in [-0.15, -0.1) is 0 Å². The normalized spacial score (nSPS) is 10.1. The second-order valence-corrected chi connectivity index (χ2v) is 4.73. The molecule has 0 saturated heterocycles. The van der Waals surface area contributed by atoms with Gasteiger partial charge in [-0.2, -0.15) is 0 Å². The number of hydrogen-bond donors (Lipinski definition) is 2. The fourth-order valence-electron chi connectivity index (χ4n) is 2.10. The Balaban J connectivity index is 2.00. The first-order chi connectivity index (χ1) is 10.2. The lowest BCUT2D eigenvalue weighted by Gasteiger charge is -2.11. The Morgan fingerprint density at radius 2 is 1.86 bits per heavy atom. The molecule has 2 rings (SSSR count). The number of carbonyl (C=O) groups is 1. The zero-order chi connectivity index (χ0) is 15.1. The van der Waals surface area contributed by atoms with Crippen LogP contribution in [0.3, 0.4) is 0 Å². The summed E-state index contributed by atoms with van der Waals surface area (Å²) in [5, 5.41) is 3.34. The van der Waals surface area contributed by atoms with Crippen molar-refractivity contribution in [3.05, 3.63) is 59.7 Å². The minimum atomic E-state index is -0.328. The van der Waals surface area contributed by atoms with Gasteiger partial charge in [0.25, 0.3) is 0 Å². The Bertz CT molecular complexity index is 594. The average Bonchev–Trinajstić information content (AvgIpc) is 2.48. The third-order valence-corrected chi connectivity index (χ3v) is 3.10. The van der Waals surface area contributed by atoms with Gasteiger partial charge in [0, 0.05) is 12.2 Å². The molecule has 0 aliphatic carbocycles. The molecule has 4 nitrogen and oxygen atoms in total. The quantitative estimate of drug-likeness (QED) is 0.821. The Labute approximate surface area is 124 Å². The summed E-state index contributed by atoms with van der Waals surface area (Å²) in [4.78, 5) is 11.1. The average molecular weight is 284 g/mol. The number of nitrogens with two attached hydrogens (primary N) is 1. The lowest BCUT2D eigenvalue weighted by molar-refractivity contribution is -0.117. The van der Waals surface area contributed by atoms with E-state index in [9.17, 15) is 4.79 Å². The molecule has 0 radical (unpaired) electrons. The number of nitrogens with one attached hydrogen (secondary N) is 1. The summed E-state index contributed by atoms with van der Waals surface area (Å²) in [6.07, 6.45) is 0.243. The van der Waals surface area contributed by atoms with E-state index in [1.54, 1.807) is 0 Å². The van der Waals surface area contributed by atoms with Gasteiger partial charge in [0.2, 0.25) is 5.91 Å². The van der Waals surface area contributed by atoms with Gasteiger partial charge in [-0.1, -0.05) is 30.3 Å². The molecule has 0 unspecified atom stereocenters. The second kappa shape index (κ2) is 7.33. The van der Waals surface area contributed by atoms with E-state index in [0.29, 0.717) is 13.2 Å². The van der Waals surface area contributed by atoms with Gasteiger partial charge < -0.3 is 15.8 Å². The number of primary amides is 1. The maximum absolute atomic E-state index is 11.1. The van der Waals surface area contributed by atoms with E-state index in [0.717, 1.165) is 22.6 Å². The van der Waals surface area contributed by atoms with Gasteiger partial charge >= 0.3 is 0 Å². The van der Waals surface area contributed by atoms with Crippen LogP contribution >= 0.6 is 0 Å². The molecule has 0 aromatic heterocycles. The number of para-hydroxylation sites is 1. The third-order valence-electron chi connectivity index (χ3n) is 3.10. The smallest absolute Gasteiger partial charge is 0.221 e. The highest BCUT2D eigenvalue weighted by Crippen LogP contribution is 2.18. The van der Waals surface area contributed by atoms with Crippen molar-refractivity contribution in [3.8, 4) is 5.75 Å². The molecule has 0 spiro atoms. The lowest BCUT2D eigenvalue weighted by Crippen LogP contribution is -2.15. The molecule has 0 aliphatic heterocycles. The zero-order valence-corrected chi connectivity index (χ0v) is 12.1. The molecule has 0 atom stereocenters. The van der Waals surface area contributed by atoms with Crippen molar-refractivity contribution < 1.29 is 9.53 Å². The van der Waals surface area contributed by atoms with Gasteiger partial charge in [-0.05, 0) is 36.2 Å².